The van der Waals surface area contributed by atoms with Crippen LogP contribution in [0.3, 0.4) is 0 Å². The molecule has 1 aromatic heterocycles. The first-order valence-electron chi connectivity index (χ1n) is 6.68. The first kappa shape index (κ1) is 13.4. The number of urea groups is 1. The van der Waals surface area contributed by atoms with E-state index in [0.29, 0.717) is 0 Å². The van der Waals surface area contributed by atoms with Gasteiger partial charge in [0.15, 0.2) is 0 Å². The molecule has 1 saturated carbocycles. The Morgan fingerprint density at radius 2 is 2.39 bits per heavy atom. The molecule has 1 aliphatic carbocycles. The van der Waals surface area contributed by atoms with Crippen molar-refractivity contribution in [1.82, 2.24) is 10.2 Å². The highest BCUT2D eigenvalue weighted by Gasteiger charge is 2.21. The molecule has 3 nitrogen and oxygen atoms in total. The molecule has 0 aliphatic heterocycles. The zero-order valence-corrected chi connectivity index (χ0v) is 12.0. The Morgan fingerprint density at radius 3 is 2.94 bits per heavy atom. The Balaban J connectivity index is 1.71. The summed E-state index contributed by atoms with van der Waals surface area (Å²) in [5, 5.41) is 7.28. The van der Waals surface area contributed by atoms with E-state index in [-0.39, 0.29) is 12.1 Å². The maximum Gasteiger partial charge on any atom is 0.317 e. The highest BCUT2D eigenvalue weighted by atomic mass is 32.1. The van der Waals surface area contributed by atoms with Crippen LogP contribution < -0.4 is 5.32 Å². The van der Waals surface area contributed by atoms with E-state index < -0.39 is 0 Å². The van der Waals surface area contributed by atoms with Crippen LogP contribution in [0, 0.1) is 5.92 Å². The Bertz CT molecular complexity index is 373. The van der Waals surface area contributed by atoms with Crippen molar-refractivity contribution in [3.63, 3.8) is 0 Å². The van der Waals surface area contributed by atoms with Gasteiger partial charge in [0.2, 0.25) is 0 Å². The van der Waals surface area contributed by atoms with Gasteiger partial charge in [0.25, 0.3) is 0 Å². The number of nitrogens with one attached hydrogen (secondary N) is 1. The van der Waals surface area contributed by atoms with Crippen molar-refractivity contribution in [2.45, 2.75) is 38.6 Å². The lowest BCUT2D eigenvalue weighted by molar-refractivity contribution is 0.180. The molecule has 0 aromatic carbocycles. The Labute approximate surface area is 113 Å². The quantitative estimate of drug-likeness (QED) is 0.872. The minimum absolute atomic E-state index is 0.0598. The van der Waals surface area contributed by atoms with Gasteiger partial charge in [-0.1, -0.05) is 6.42 Å². The zero-order chi connectivity index (χ0) is 13.0. The highest BCUT2D eigenvalue weighted by molar-refractivity contribution is 7.07. The van der Waals surface area contributed by atoms with Crippen LogP contribution in [0.4, 0.5) is 4.79 Å². The summed E-state index contributed by atoms with van der Waals surface area (Å²) in [7, 11) is 1.89. The molecule has 1 aromatic rings. The number of thiophene rings is 1. The first-order chi connectivity index (χ1) is 8.65. The van der Waals surface area contributed by atoms with E-state index in [9.17, 15) is 4.79 Å². The van der Waals surface area contributed by atoms with Crippen LogP contribution in [-0.4, -0.2) is 30.6 Å². The number of carbonyl (C=O) groups is 1. The van der Waals surface area contributed by atoms with E-state index in [1.807, 2.05) is 11.9 Å². The van der Waals surface area contributed by atoms with E-state index >= 15 is 0 Å². The minimum Gasteiger partial charge on any atom is -0.335 e. The van der Waals surface area contributed by atoms with Crippen LogP contribution in [0.5, 0.6) is 0 Å². The summed E-state index contributed by atoms with van der Waals surface area (Å²) in [6, 6.07) is 2.37. The summed E-state index contributed by atoms with van der Waals surface area (Å²) >= 11 is 1.70. The molecule has 18 heavy (non-hydrogen) atoms. The molecule has 0 bridgehead atoms. The Kier molecular flexibility index (Phi) is 4.64. The fraction of sp³-hybridized carbons (Fsp3) is 0.643. The fourth-order valence-corrected chi connectivity index (χ4v) is 2.96. The summed E-state index contributed by atoms with van der Waals surface area (Å²) < 4.78 is 0. The average Bonchev–Trinajstić information content (AvgIpc) is 2.75. The van der Waals surface area contributed by atoms with Gasteiger partial charge in [-0.25, -0.2) is 4.79 Å². The molecule has 1 fully saturated rings. The molecule has 0 unspecified atom stereocenters. The maximum absolute atomic E-state index is 12.0. The molecule has 4 heteroatoms. The topological polar surface area (TPSA) is 32.3 Å². The molecular formula is C14H22N2OS. The van der Waals surface area contributed by atoms with Gasteiger partial charge in [-0.3, -0.25) is 0 Å². The van der Waals surface area contributed by atoms with Crippen molar-refractivity contribution in [2.24, 2.45) is 5.92 Å². The van der Waals surface area contributed by atoms with Gasteiger partial charge in [-0.15, -0.1) is 0 Å². The van der Waals surface area contributed by atoms with Gasteiger partial charge in [0.05, 0.1) is 0 Å². The fourth-order valence-electron chi connectivity index (χ4n) is 2.28. The van der Waals surface area contributed by atoms with Gasteiger partial charge < -0.3 is 10.2 Å². The second-order valence-electron chi connectivity index (χ2n) is 5.36. The van der Waals surface area contributed by atoms with E-state index in [1.165, 1.54) is 24.8 Å². The van der Waals surface area contributed by atoms with Crippen molar-refractivity contribution < 1.29 is 4.79 Å². The van der Waals surface area contributed by atoms with Crippen LogP contribution in [0.1, 0.15) is 31.7 Å². The lowest BCUT2D eigenvalue weighted by Crippen LogP contribution is -2.45. The van der Waals surface area contributed by atoms with E-state index in [4.69, 9.17) is 0 Å². The molecule has 2 amide bonds. The van der Waals surface area contributed by atoms with Crippen LogP contribution in [-0.2, 0) is 6.42 Å². The maximum atomic E-state index is 12.0. The molecule has 1 N–H and O–H groups in total. The summed E-state index contributed by atoms with van der Waals surface area (Å²) in [5.74, 6) is 0.730. The largest absolute Gasteiger partial charge is 0.335 e. The van der Waals surface area contributed by atoms with Crippen molar-refractivity contribution >= 4 is 17.4 Å². The molecule has 1 aliphatic rings. The van der Waals surface area contributed by atoms with Gasteiger partial charge in [0.1, 0.15) is 0 Å². The Morgan fingerprint density at radius 1 is 1.61 bits per heavy atom. The number of nitrogens with zero attached hydrogens (tertiary/aromatic N) is 1. The van der Waals surface area contributed by atoms with Crippen molar-refractivity contribution in [3.8, 4) is 0 Å². The summed E-state index contributed by atoms with van der Waals surface area (Å²) in [6.07, 6.45) is 4.80. The molecule has 100 valence electrons. The molecule has 0 radical (unpaired) electrons. The number of hydrogen-bond donors (Lipinski definition) is 1. The van der Waals surface area contributed by atoms with Crippen LogP contribution in [0.15, 0.2) is 16.8 Å². The second kappa shape index (κ2) is 6.23. The molecular weight excluding hydrogens is 244 g/mol. The molecule has 2 rings (SSSR count). The predicted molar refractivity (Wildman–Crippen MR) is 76.0 cm³/mol. The number of carbonyl (C=O) groups excluding carboxylic acids is 1. The monoisotopic (exact) mass is 266 g/mol. The molecule has 0 spiro atoms. The summed E-state index contributed by atoms with van der Waals surface area (Å²) in [4.78, 5) is 13.8. The lowest BCUT2D eigenvalue weighted by atomic mass is 9.85. The normalized spacial score (nSPS) is 17.0. The third-order valence-electron chi connectivity index (χ3n) is 3.60. The molecule has 0 saturated heterocycles. The smallest absolute Gasteiger partial charge is 0.317 e. The van der Waals surface area contributed by atoms with Gasteiger partial charge in [-0.2, -0.15) is 11.3 Å². The van der Waals surface area contributed by atoms with Crippen LogP contribution >= 0.6 is 11.3 Å². The number of hydrogen-bond acceptors (Lipinski definition) is 2. The predicted octanol–water partition coefficient (Wildman–Crippen LogP) is 3.12. The zero-order valence-electron chi connectivity index (χ0n) is 11.2. The second-order valence-corrected chi connectivity index (χ2v) is 6.14. The number of rotatable bonds is 5. The lowest BCUT2D eigenvalue weighted by Gasteiger charge is -2.30. The van der Waals surface area contributed by atoms with Crippen molar-refractivity contribution in [1.29, 1.82) is 0 Å². The SMILES string of the molecule is C[C@@H](Cc1ccsc1)NC(=O)N(C)CC1CCC1. The minimum atomic E-state index is 0.0598. The van der Waals surface area contributed by atoms with E-state index in [2.05, 4.69) is 29.1 Å². The average molecular weight is 266 g/mol. The third kappa shape index (κ3) is 3.73. The van der Waals surface area contributed by atoms with Crippen molar-refractivity contribution in [3.05, 3.63) is 22.4 Å². The van der Waals surface area contributed by atoms with Crippen LogP contribution in [0.25, 0.3) is 0 Å². The van der Waals surface area contributed by atoms with E-state index in [0.717, 1.165) is 18.9 Å². The van der Waals surface area contributed by atoms with E-state index in [1.54, 1.807) is 11.3 Å². The Hall–Kier alpha value is -1.03. The standard InChI is InChI=1S/C14H22N2OS/c1-11(8-13-6-7-18-10-13)15-14(17)16(2)9-12-4-3-5-12/h6-7,10-12H,3-5,8-9H2,1-2H3,(H,15,17)/t11-/m0/s1. The van der Waals surface area contributed by atoms with Gasteiger partial charge >= 0.3 is 6.03 Å². The van der Waals surface area contributed by atoms with Crippen LogP contribution in [0.2, 0.25) is 0 Å². The first-order valence-corrected chi connectivity index (χ1v) is 7.62. The van der Waals surface area contributed by atoms with Crippen molar-refractivity contribution in [2.75, 3.05) is 13.6 Å². The van der Waals surface area contributed by atoms with Gasteiger partial charge in [-0.05, 0) is 54.5 Å². The van der Waals surface area contributed by atoms with Gasteiger partial charge in [0, 0.05) is 19.6 Å². The third-order valence-corrected chi connectivity index (χ3v) is 4.33. The summed E-state index contributed by atoms with van der Waals surface area (Å²) in [5.41, 5.74) is 1.30. The summed E-state index contributed by atoms with van der Waals surface area (Å²) in [6.45, 7) is 2.96. The number of amides is 2. The highest BCUT2D eigenvalue weighted by Crippen LogP contribution is 2.26. The molecule has 1 atom stereocenters. The molecule has 1 heterocycles.